The molecule has 3 rings (SSSR count). The van der Waals surface area contributed by atoms with Gasteiger partial charge in [-0.25, -0.2) is 21.9 Å². The van der Waals surface area contributed by atoms with E-state index in [2.05, 4.69) is 9.72 Å². The minimum atomic E-state index is -3.58. The van der Waals surface area contributed by atoms with E-state index < -0.39 is 27.1 Å². The first-order valence-electron chi connectivity index (χ1n) is 7.17. The third kappa shape index (κ3) is 2.86. The summed E-state index contributed by atoms with van der Waals surface area (Å²) in [4.78, 5) is 16.0. The molecule has 0 saturated heterocycles. The Hall–Kier alpha value is -2.42. The molecule has 1 aromatic carbocycles. The van der Waals surface area contributed by atoms with Crippen molar-refractivity contribution >= 4 is 22.0 Å². The maximum absolute atomic E-state index is 13.1. The normalized spacial score (nSPS) is 14.5. The number of nitrogens with zero attached hydrogens (tertiary/aromatic N) is 2. The fraction of sp³-hybridized carbons (Fsp3) is 0.333. The standard InChI is InChI=1S/C15H15FN2O5S/c1-18(24(20,21)11-7-8-11)15-17-12(13(23-15)14(19)22-2)9-3-5-10(16)6-4-9/h3-6,11H,7-8H2,1-2H3. The van der Waals surface area contributed by atoms with Gasteiger partial charge in [0.05, 0.1) is 12.4 Å². The minimum absolute atomic E-state index is 0.0923. The van der Waals surface area contributed by atoms with Gasteiger partial charge in [-0.05, 0) is 37.1 Å². The van der Waals surface area contributed by atoms with Crippen LogP contribution in [-0.2, 0) is 14.8 Å². The molecule has 1 heterocycles. The molecule has 0 unspecified atom stereocenters. The Morgan fingerprint density at radius 3 is 2.50 bits per heavy atom. The molecule has 1 saturated carbocycles. The van der Waals surface area contributed by atoms with Gasteiger partial charge in [-0.1, -0.05) is 0 Å². The zero-order valence-electron chi connectivity index (χ0n) is 13.0. The minimum Gasteiger partial charge on any atom is -0.463 e. The van der Waals surface area contributed by atoms with E-state index in [1.165, 1.54) is 38.4 Å². The maximum Gasteiger partial charge on any atom is 0.376 e. The molecule has 0 N–H and O–H groups in total. The van der Waals surface area contributed by atoms with Crippen LogP contribution < -0.4 is 4.31 Å². The topological polar surface area (TPSA) is 89.7 Å². The monoisotopic (exact) mass is 354 g/mol. The van der Waals surface area contributed by atoms with E-state index in [4.69, 9.17) is 4.42 Å². The number of oxazole rings is 1. The Labute approximate surface area is 138 Å². The summed E-state index contributed by atoms with van der Waals surface area (Å²) in [6, 6.07) is 5.00. The highest BCUT2D eigenvalue weighted by Gasteiger charge is 2.41. The van der Waals surface area contributed by atoms with Crippen LogP contribution in [0.15, 0.2) is 28.7 Å². The molecule has 128 valence electrons. The first-order valence-corrected chi connectivity index (χ1v) is 8.67. The highest BCUT2D eigenvalue weighted by molar-refractivity contribution is 7.93. The summed E-state index contributed by atoms with van der Waals surface area (Å²) in [5, 5.41) is -0.453. The highest BCUT2D eigenvalue weighted by Crippen LogP contribution is 2.35. The van der Waals surface area contributed by atoms with Crippen molar-refractivity contribution in [2.75, 3.05) is 18.5 Å². The molecule has 1 aliphatic carbocycles. The van der Waals surface area contributed by atoms with E-state index in [9.17, 15) is 17.6 Å². The van der Waals surface area contributed by atoms with E-state index in [0.29, 0.717) is 18.4 Å². The van der Waals surface area contributed by atoms with Crippen molar-refractivity contribution in [3.05, 3.63) is 35.8 Å². The van der Waals surface area contributed by atoms with Gasteiger partial charge in [0, 0.05) is 12.6 Å². The second kappa shape index (κ2) is 5.90. The van der Waals surface area contributed by atoms with Crippen molar-refractivity contribution in [2.24, 2.45) is 0 Å². The van der Waals surface area contributed by atoms with Crippen LogP contribution in [-0.4, -0.2) is 38.8 Å². The number of carbonyl (C=O) groups excluding carboxylic acids is 1. The van der Waals surface area contributed by atoms with Crippen LogP contribution in [0.5, 0.6) is 0 Å². The maximum atomic E-state index is 13.1. The van der Waals surface area contributed by atoms with Gasteiger partial charge in [-0.2, -0.15) is 4.98 Å². The number of anilines is 1. The van der Waals surface area contributed by atoms with Crippen molar-refractivity contribution in [3.8, 4) is 11.3 Å². The van der Waals surface area contributed by atoms with Gasteiger partial charge >= 0.3 is 12.0 Å². The molecule has 24 heavy (non-hydrogen) atoms. The molecule has 1 aliphatic rings. The number of halogens is 1. The average Bonchev–Trinajstić information content (AvgIpc) is 3.34. The van der Waals surface area contributed by atoms with E-state index in [1.54, 1.807) is 0 Å². The van der Waals surface area contributed by atoms with Crippen molar-refractivity contribution in [2.45, 2.75) is 18.1 Å². The summed E-state index contributed by atoms with van der Waals surface area (Å²) in [7, 11) is -1.09. The highest BCUT2D eigenvalue weighted by atomic mass is 32.2. The lowest BCUT2D eigenvalue weighted by molar-refractivity contribution is 0.0567. The molecule has 2 aromatic rings. The Bertz CT molecular complexity index is 872. The van der Waals surface area contributed by atoms with Crippen LogP contribution in [0.3, 0.4) is 0 Å². The smallest absolute Gasteiger partial charge is 0.376 e. The molecule has 9 heteroatoms. The molecule has 0 atom stereocenters. The number of aromatic nitrogens is 1. The summed E-state index contributed by atoms with van der Waals surface area (Å²) in [6.45, 7) is 0. The number of ether oxygens (including phenoxy) is 1. The molecule has 1 aromatic heterocycles. The zero-order valence-corrected chi connectivity index (χ0v) is 13.8. The number of carbonyl (C=O) groups is 1. The van der Waals surface area contributed by atoms with E-state index in [-0.39, 0.29) is 17.5 Å². The lowest BCUT2D eigenvalue weighted by Crippen LogP contribution is -2.30. The number of esters is 1. The first-order chi connectivity index (χ1) is 11.3. The van der Waals surface area contributed by atoms with Gasteiger partial charge in [0.15, 0.2) is 0 Å². The number of hydrogen-bond donors (Lipinski definition) is 0. The van der Waals surface area contributed by atoms with Crippen LogP contribution in [0, 0.1) is 5.82 Å². The summed E-state index contributed by atoms with van der Waals surface area (Å²) < 4.78 is 48.6. The lowest BCUT2D eigenvalue weighted by atomic mass is 10.1. The number of sulfonamides is 1. The van der Waals surface area contributed by atoms with Gasteiger partial charge in [0.1, 0.15) is 11.5 Å². The molecule has 0 bridgehead atoms. The summed E-state index contributed by atoms with van der Waals surface area (Å²) in [5.74, 6) is -1.49. The molecular formula is C15H15FN2O5S. The van der Waals surface area contributed by atoms with Crippen LogP contribution in [0.2, 0.25) is 0 Å². The summed E-state index contributed by atoms with van der Waals surface area (Å²) in [5.41, 5.74) is 0.499. The van der Waals surface area contributed by atoms with Gasteiger partial charge in [0.25, 0.3) is 0 Å². The van der Waals surface area contributed by atoms with Crippen molar-refractivity contribution in [1.82, 2.24) is 4.98 Å². The van der Waals surface area contributed by atoms with Crippen molar-refractivity contribution < 1.29 is 26.8 Å². The molecule has 7 nitrogen and oxygen atoms in total. The van der Waals surface area contributed by atoms with Gasteiger partial charge in [-0.3, -0.25) is 0 Å². The largest absolute Gasteiger partial charge is 0.463 e. The van der Waals surface area contributed by atoms with Crippen molar-refractivity contribution in [3.63, 3.8) is 0 Å². The predicted molar refractivity (Wildman–Crippen MR) is 83.6 cm³/mol. The zero-order chi connectivity index (χ0) is 17.5. The van der Waals surface area contributed by atoms with E-state index in [1.807, 2.05) is 0 Å². The van der Waals surface area contributed by atoms with Gasteiger partial charge in [-0.15, -0.1) is 0 Å². The fourth-order valence-corrected chi connectivity index (χ4v) is 3.65. The Morgan fingerprint density at radius 2 is 1.96 bits per heavy atom. The Morgan fingerprint density at radius 1 is 1.33 bits per heavy atom. The van der Waals surface area contributed by atoms with Gasteiger partial charge < -0.3 is 9.15 Å². The van der Waals surface area contributed by atoms with Crippen LogP contribution in [0.4, 0.5) is 10.4 Å². The first kappa shape index (κ1) is 16.4. The van der Waals surface area contributed by atoms with Crippen LogP contribution in [0.25, 0.3) is 11.3 Å². The SMILES string of the molecule is COC(=O)c1oc(N(C)S(=O)(=O)C2CC2)nc1-c1ccc(F)cc1. The number of rotatable bonds is 5. The molecular weight excluding hydrogens is 339 g/mol. The quantitative estimate of drug-likeness (QED) is 0.765. The third-order valence-electron chi connectivity index (χ3n) is 3.70. The second-order valence-corrected chi connectivity index (χ2v) is 7.63. The second-order valence-electron chi connectivity index (χ2n) is 5.38. The Balaban J connectivity index is 2.06. The van der Waals surface area contributed by atoms with Crippen LogP contribution in [0.1, 0.15) is 23.4 Å². The molecule has 0 spiro atoms. The van der Waals surface area contributed by atoms with E-state index >= 15 is 0 Å². The summed E-state index contributed by atoms with van der Waals surface area (Å²) in [6.07, 6.45) is 1.17. The van der Waals surface area contributed by atoms with Gasteiger partial charge in [0.2, 0.25) is 15.8 Å². The molecule has 0 amide bonds. The number of benzene rings is 1. The Kier molecular flexibility index (Phi) is 4.04. The summed E-state index contributed by atoms with van der Waals surface area (Å²) >= 11 is 0. The lowest BCUT2D eigenvalue weighted by Gasteiger charge is -2.13. The number of methoxy groups -OCH3 is 1. The van der Waals surface area contributed by atoms with Crippen LogP contribution >= 0.6 is 0 Å². The predicted octanol–water partition coefficient (Wildman–Crippen LogP) is 2.20. The van der Waals surface area contributed by atoms with E-state index in [0.717, 1.165) is 4.31 Å². The molecule has 1 fully saturated rings. The van der Waals surface area contributed by atoms with Crippen molar-refractivity contribution in [1.29, 1.82) is 0 Å². The number of hydrogen-bond acceptors (Lipinski definition) is 6. The third-order valence-corrected chi connectivity index (χ3v) is 5.93. The average molecular weight is 354 g/mol. The molecule has 0 aliphatic heterocycles. The fourth-order valence-electron chi connectivity index (χ4n) is 2.18. The molecule has 0 radical (unpaired) electrons.